The predicted molar refractivity (Wildman–Crippen MR) is 110 cm³/mol. The summed E-state index contributed by atoms with van der Waals surface area (Å²) in [7, 11) is 1.40. The molecule has 0 aliphatic carbocycles. The Bertz CT molecular complexity index is 991. The van der Waals surface area contributed by atoms with Crippen LogP contribution in [0.4, 0.5) is 0 Å². The van der Waals surface area contributed by atoms with Crippen LogP contribution in [0.2, 0.25) is 0 Å². The lowest BCUT2D eigenvalue weighted by Crippen LogP contribution is -2.04. The SMILES string of the molecule is COC(=O)Cc1ccc(C#Cc2ccc(Cn3ccnc3)c(C(C)C)c2)cc1. The number of methoxy groups -OCH3 is 1. The first-order chi connectivity index (χ1) is 13.5. The van der Waals surface area contributed by atoms with Gasteiger partial charge in [-0.25, -0.2) is 4.98 Å². The summed E-state index contributed by atoms with van der Waals surface area (Å²) in [6.07, 6.45) is 5.88. The minimum Gasteiger partial charge on any atom is -0.469 e. The number of carbonyl (C=O) groups excluding carboxylic acids is 1. The molecule has 4 heteroatoms. The zero-order chi connectivity index (χ0) is 19.9. The number of nitrogens with zero attached hydrogens (tertiary/aromatic N) is 2. The molecular weight excluding hydrogens is 348 g/mol. The molecule has 0 fully saturated rings. The highest BCUT2D eigenvalue weighted by molar-refractivity contribution is 5.72. The standard InChI is InChI=1S/C24H24N2O2/c1-18(2)23-14-20(10-11-22(23)16-26-13-12-25-17-26)7-4-19-5-8-21(9-6-19)15-24(27)28-3/h5-6,8-14,17-18H,15-16H2,1-3H3. The fraction of sp³-hybridized carbons (Fsp3) is 0.250. The van der Waals surface area contributed by atoms with Gasteiger partial charge in [0.2, 0.25) is 0 Å². The van der Waals surface area contributed by atoms with Gasteiger partial charge in [0.25, 0.3) is 0 Å². The van der Waals surface area contributed by atoms with Gasteiger partial charge in [-0.05, 0) is 46.9 Å². The molecule has 0 bridgehead atoms. The van der Waals surface area contributed by atoms with E-state index in [1.165, 1.54) is 18.2 Å². The maximum absolute atomic E-state index is 11.3. The molecule has 0 N–H and O–H groups in total. The van der Waals surface area contributed by atoms with Crippen molar-refractivity contribution in [3.63, 3.8) is 0 Å². The Balaban J connectivity index is 1.77. The molecular formula is C24H24N2O2. The van der Waals surface area contributed by atoms with Crippen LogP contribution in [0.3, 0.4) is 0 Å². The summed E-state index contributed by atoms with van der Waals surface area (Å²) in [5.74, 6) is 6.63. The Morgan fingerprint density at radius 3 is 2.46 bits per heavy atom. The predicted octanol–water partition coefficient (Wildman–Crippen LogP) is 4.17. The molecule has 0 amide bonds. The molecule has 1 aromatic heterocycles. The van der Waals surface area contributed by atoms with Crippen LogP contribution in [-0.4, -0.2) is 22.6 Å². The average molecular weight is 372 g/mol. The summed E-state index contributed by atoms with van der Waals surface area (Å²) < 4.78 is 6.76. The van der Waals surface area contributed by atoms with Crippen LogP contribution in [-0.2, 0) is 22.5 Å². The Labute approximate surface area is 166 Å². The normalized spacial score (nSPS) is 10.4. The Morgan fingerprint density at radius 2 is 1.82 bits per heavy atom. The summed E-state index contributed by atoms with van der Waals surface area (Å²) >= 11 is 0. The number of ether oxygens (including phenoxy) is 1. The Kier molecular flexibility index (Phi) is 6.29. The third-order valence-corrected chi connectivity index (χ3v) is 4.56. The van der Waals surface area contributed by atoms with Crippen LogP contribution in [0.1, 0.15) is 47.6 Å². The topological polar surface area (TPSA) is 44.1 Å². The van der Waals surface area contributed by atoms with Crippen molar-refractivity contribution < 1.29 is 9.53 Å². The summed E-state index contributed by atoms with van der Waals surface area (Å²) in [6.45, 7) is 5.21. The van der Waals surface area contributed by atoms with E-state index in [1.54, 1.807) is 6.20 Å². The summed E-state index contributed by atoms with van der Waals surface area (Å²) in [5.41, 5.74) is 5.42. The molecule has 2 aromatic carbocycles. The molecule has 0 aliphatic heterocycles. The second-order valence-electron chi connectivity index (χ2n) is 7.00. The van der Waals surface area contributed by atoms with Gasteiger partial charge < -0.3 is 9.30 Å². The van der Waals surface area contributed by atoms with Gasteiger partial charge in [0.15, 0.2) is 0 Å². The molecule has 1 heterocycles. The van der Waals surface area contributed by atoms with Crippen molar-refractivity contribution in [2.45, 2.75) is 32.7 Å². The Morgan fingerprint density at radius 1 is 1.11 bits per heavy atom. The van der Waals surface area contributed by atoms with Gasteiger partial charge in [-0.15, -0.1) is 0 Å². The van der Waals surface area contributed by atoms with E-state index in [-0.39, 0.29) is 12.4 Å². The van der Waals surface area contributed by atoms with Crippen LogP contribution in [0, 0.1) is 11.8 Å². The lowest BCUT2D eigenvalue weighted by Gasteiger charge is -2.14. The van der Waals surface area contributed by atoms with Gasteiger partial charge in [0, 0.05) is 30.1 Å². The highest BCUT2D eigenvalue weighted by Gasteiger charge is 2.08. The van der Waals surface area contributed by atoms with E-state index >= 15 is 0 Å². The minimum absolute atomic E-state index is 0.240. The lowest BCUT2D eigenvalue weighted by molar-refractivity contribution is -0.139. The molecule has 0 atom stereocenters. The van der Waals surface area contributed by atoms with Gasteiger partial charge in [-0.3, -0.25) is 4.79 Å². The fourth-order valence-electron chi connectivity index (χ4n) is 3.02. The van der Waals surface area contributed by atoms with Gasteiger partial charge in [0.05, 0.1) is 19.9 Å². The van der Waals surface area contributed by atoms with Gasteiger partial charge in [0.1, 0.15) is 0 Å². The molecule has 0 radical (unpaired) electrons. The monoisotopic (exact) mass is 372 g/mol. The smallest absolute Gasteiger partial charge is 0.309 e. The first-order valence-corrected chi connectivity index (χ1v) is 9.31. The van der Waals surface area contributed by atoms with Gasteiger partial charge in [-0.2, -0.15) is 0 Å². The molecule has 28 heavy (non-hydrogen) atoms. The molecule has 0 spiro atoms. The van der Waals surface area contributed by atoms with E-state index in [0.29, 0.717) is 5.92 Å². The van der Waals surface area contributed by atoms with Crippen molar-refractivity contribution in [2.75, 3.05) is 7.11 Å². The van der Waals surface area contributed by atoms with Crippen LogP contribution < -0.4 is 0 Å². The van der Waals surface area contributed by atoms with Crippen LogP contribution in [0.25, 0.3) is 0 Å². The maximum Gasteiger partial charge on any atom is 0.309 e. The summed E-state index contributed by atoms with van der Waals surface area (Å²) in [6, 6.07) is 14.1. The minimum atomic E-state index is -0.240. The lowest BCUT2D eigenvalue weighted by atomic mass is 9.95. The number of benzene rings is 2. The largest absolute Gasteiger partial charge is 0.469 e. The van der Waals surface area contributed by atoms with Crippen LogP contribution >= 0.6 is 0 Å². The zero-order valence-electron chi connectivity index (χ0n) is 16.5. The summed E-state index contributed by atoms with van der Waals surface area (Å²) in [4.78, 5) is 15.5. The van der Waals surface area contributed by atoms with Crippen molar-refractivity contribution in [3.8, 4) is 11.8 Å². The van der Waals surface area contributed by atoms with E-state index in [9.17, 15) is 4.79 Å². The van der Waals surface area contributed by atoms with Crippen LogP contribution in [0.5, 0.6) is 0 Å². The zero-order valence-corrected chi connectivity index (χ0v) is 16.5. The van der Waals surface area contributed by atoms with E-state index < -0.39 is 0 Å². The first-order valence-electron chi connectivity index (χ1n) is 9.31. The summed E-state index contributed by atoms with van der Waals surface area (Å²) in [5, 5.41) is 0. The van der Waals surface area contributed by atoms with Gasteiger partial charge >= 0.3 is 5.97 Å². The van der Waals surface area contributed by atoms with Crippen LogP contribution in [0.15, 0.2) is 61.2 Å². The number of hydrogen-bond donors (Lipinski definition) is 0. The highest BCUT2D eigenvalue weighted by atomic mass is 16.5. The number of esters is 1. The number of imidazole rings is 1. The number of hydrogen-bond acceptors (Lipinski definition) is 3. The number of carbonyl (C=O) groups is 1. The van der Waals surface area contributed by atoms with E-state index in [0.717, 1.165) is 23.2 Å². The van der Waals surface area contributed by atoms with E-state index in [4.69, 9.17) is 4.74 Å². The highest BCUT2D eigenvalue weighted by Crippen LogP contribution is 2.22. The van der Waals surface area contributed by atoms with E-state index in [1.807, 2.05) is 36.8 Å². The molecule has 3 rings (SSSR count). The Hall–Kier alpha value is -3.32. The van der Waals surface area contributed by atoms with Gasteiger partial charge in [-0.1, -0.05) is 43.9 Å². The molecule has 3 aromatic rings. The number of rotatable bonds is 5. The molecule has 0 unspecified atom stereocenters. The molecule has 0 saturated heterocycles. The van der Waals surface area contributed by atoms with Crippen molar-refractivity contribution in [2.24, 2.45) is 0 Å². The third-order valence-electron chi connectivity index (χ3n) is 4.56. The molecule has 142 valence electrons. The number of aromatic nitrogens is 2. The van der Waals surface area contributed by atoms with Crippen molar-refractivity contribution in [1.29, 1.82) is 0 Å². The van der Waals surface area contributed by atoms with Crippen molar-refractivity contribution >= 4 is 5.97 Å². The second kappa shape index (κ2) is 9.05. The third kappa shape index (κ3) is 5.11. The second-order valence-corrected chi connectivity index (χ2v) is 7.00. The van der Waals surface area contributed by atoms with Crippen molar-refractivity contribution in [3.05, 3.63) is 89.0 Å². The molecule has 0 aliphatic rings. The van der Waals surface area contributed by atoms with Crippen molar-refractivity contribution in [1.82, 2.24) is 9.55 Å². The van der Waals surface area contributed by atoms with E-state index in [2.05, 4.69) is 53.4 Å². The fourth-order valence-corrected chi connectivity index (χ4v) is 3.02. The molecule has 4 nitrogen and oxygen atoms in total. The molecule has 0 saturated carbocycles. The quantitative estimate of drug-likeness (QED) is 0.499. The first kappa shape index (κ1) is 19.4. The average Bonchev–Trinajstić information content (AvgIpc) is 3.21. The maximum atomic E-state index is 11.3.